The average Bonchev–Trinajstić information content (AvgIpc) is 3.59. The van der Waals surface area contributed by atoms with Crippen molar-refractivity contribution in [3.8, 4) is 11.3 Å². The number of alkyl halides is 3. The molecule has 0 radical (unpaired) electrons. The number of nitrogens with one attached hydrogen (secondary N) is 2. The molecule has 5 rings (SSSR count). The van der Waals surface area contributed by atoms with Crippen molar-refractivity contribution in [1.29, 1.82) is 0 Å². The van der Waals surface area contributed by atoms with E-state index in [-0.39, 0.29) is 28.8 Å². The molecule has 3 aliphatic rings. The van der Waals surface area contributed by atoms with E-state index in [2.05, 4.69) is 22.1 Å². The minimum Gasteiger partial charge on any atom is -0.349 e. The molecule has 0 spiro atoms. The van der Waals surface area contributed by atoms with Crippen LogP contribution in [0.2, 0.25) is 0 Å². The summed E-state index contributed by atoms with van der Waals surface area (Å²) in [6.07, 6.45) is 5.32. The molecular formula is C32H40F3N3O3. The zero-order chi connectivity index (χ0) is 29.5. The van der Waals surface area contributed by atoms with E-state index in [1.54, 1.807) is 12.1 Å². The summed E-state index contributed by atoms with van der Waals surface area (Å²) in [5.41, 5.74) is 3.87. The third-order valence-corrected chi connectivity index (χ3v) is 9.51. The molecule has 0 unspecified atom stereocenters. The lowest BCUT2D eigenvalue weighted by Crippen LogP contribution is -2.44. The van der Waals surface area contributed by atoms with E-state index in [0.717, 1.165) is 68.0 Å². The molecular weight excluding hydrogens is 531 g/mol. The summed E-state index contributed by atoms with van der Waals surface area (Å²) in [7, 11) is 0. The summed E-state index contributed by atoms with van der Waals surface area (Å²) >= 11 is 0. The molecule has 2 N–H and O–H groups in total. The van der Waals surface area contributed by atoms with Gasteiger partial charge >= 0.3 is 6.18 Å². The van der Waals surface area contributed by atoms with E-state index >= 15 is 0 Å². The molecule has 0 bridgehead atoms. The molecule has 222 valence electrons. The van der Waals surface area contributed by atoms with Crippen molar-refractivity contribution in [3.63, 3.8) is 0 Å². The van der Waals surface area contributed by atoms with E-state index in [4.69, 9.17) is 0 Å². The minimum atomic E-state index is -4.54. The highest BCUT2D eigenvalue weighted by molar-refractivity contribution is 5.98. The van der Waals surface area contributed by atoms with Crippen LogP contribution in [0.1, 0.15) is 104 Å². The van der Waals surface area contributed by atoms with Crippen molar-refractivity contribution in [2.24, 2.45) is 11.8 Å². The largest absolute Gasteiger partial charge is 0.408 e. The van der Waals surface area contributed by atoms with Crippen LogP contribution in [0.3, 0.4) is 0 Å². The summed E-state index contributed by atoms with van der Waals surface area (Å²) in [6.45, 7) is 5.70. The molecule has 1 aromatic carbocycles. The Balaban J connectivity index is 1.53. The summed E-state index contributed by atoms with van der Waals surface area (Å²) in [6, 6.07) is 5.25. The van der Waals surface area contributed by atoms with Crippen LogP contribution in [0.5, 0.6) is 0 Å². The molecule has 41 heavy (non-hydrogen) atoms. The number of nitrogens with zero attached hydrogens (tertiary/aromatic N) is 1. The molecule has 0 aliphatic heterocycles. The van der Waals surface area contributed by atoms with Gasteiger partial charge in [0, 0.05) is 35.5 Å². The van der Waals surface area contributed by atoms with Gasteiger partial charge in [0.05, 0.1) is 5.56 Å². The van der Waals surface area contributed by atoms with E-state index in [0.29, 0.717) is 24.3 Å². The van der Waals surface area contributed by atoms with Crippen LogP contribution < -0.4 is 10.6 Å². The molecule has 3 saturated carbocycles. The Morgan fingerprint density at radius 1 is 1.07 bits per heavy atom. The van der Waals surface area contributed by atoms with Crippen molar-refractivity contribution < 1.29 is 27.6 Å². The number of aromatic nitrogens is 1. The lowest BCUT2D eigenvalue weighted by molar-refractivity contribution is -0.149. The van der Waals surface area contributed by atoms with E-state index in [1.807, 2.05) is 19.1 Å². The van der Waals surface area contributed by atoms with Gasteiger partial charge in [-0.1, -0.05) is 26.2 Å². The first kappa shape index (κ1) is 29.4. The van der Waals surface area contributed by atoms with Gasteiger partial charge in [-0.25, -0.2) is 0 Å². The zero-order valence-corrected chi connectivity index (χ0v) is 24.1. The van der Waals surface area contributed by atoms with E-state index < -0.39 is 18.1 Å². The van der Waals surface area contributed by atoms with Crippen molar-refractivity contribution >= 4 is 18.1 Å². The fourth-order valence-electron chi connectivity index (χ4n) is 6.22. The van der Waals surface area contributed by atoms with Crippen LogP contribution in [-0.4, -0.2) is 40.9 Å². The second-order valence-electron chi connectivity index (χ2n) is 12.8. The second kappa shape index (κ2) is 11.3. The summed E-state index contributed by atoms with van der Waals surface area (Å²) < 4.78 is 41.9. The van der Waals surface area contributed by atoms with Gasteiger partial charge in [0.1, 0.15) is 12.3 Å². The number of benzene rings is 1. The summed E-state index contributed by atoms with van der Waals surface area (Å²) in [5.74, 6) is -0.507. The average molecular weight is 572 g/mol. The zero-order valence-electron chi connectivity index (χ0n) is 24.1. The quantitative estimate of drug-likeness (QED) is 0.338. The Hall–Kier alpha value is -3.10. The van der Waals surface area contributed by atoms with Crippen LogP contribution in [0, 0.1) is 18.8 Å². The predicted octanol–water partition coefficient (Wildman–Crippen LogP) is 6.48. The minimum absolute atomic E-state index is 0.0102. The maximum Gasteiger partial charge on any atom is 0.408 e. The van der Waals surface area contributed by atoms with Gasteiger partial charge in [0.2, 0.25) is 0 Å². The Morgan fingerprint density at radius 2 is 1.76 bits per heavy atom. The monoisotopic (exact) mass is 571 g/mol. The molecule has 1 aromatic heterocycles. The molecule has 3 aliphatic carbocycles. The van der Waals surface area contributed by atoms with Gasteiger partial charge in [-0.05, 0) is 99.1 Å². The highest BCUT2D eigenvalue weighted by Crippen LogP contribution is 2.49. The van der Waals surface area contributed by atoms with Crippen molar-refractivity contribution in [1.82, 2.24) is 15.2 Å². The van der Waals surface area contributed by atoms with Gasteiger partial charge in [-0.3, -0.25) is 9.59 Å². The number of amides is 2. The molecule has 1 heterocycles. The van der Waals surface area contributed by atoms with Crippen LogP contribution >= 0.6 is 0 Å². The Kier molecular flexibility index (Phi) is 8.09. The van der Waals surface area contributed by atoms with E-state index in [9.17, 15) is 27.6 Å². The fraction of sp³-hybridized carbons (Fsp3) is 0.594. The van der Waals surface area contributed by atoms with Gasteiger partial charge in [-0.15, -0.1) is 0 Å². The van der Waals surface area contributed by atoms with Crippen molar-refractivity contribution in [2.45, 2.75) is 109 Å². The molecule has 1 atom stereocenters. The number of carbonyl (C=O) groups is 3. The lowest BCUT2D eigenvalue weighted by Gasteiger charge is -2.32. The topological polar surface area (TPSA) is 80.2 Å². The predicted molar refractivity (Wildman–Crippen MR) is 151 cm³/mol. The lowest BCUT2D eigenvalue weighted by atomic mass is 9.81. The maximum atomic E-state index is 13.4. The van der Waals surface area contributed by atoms with Crippen molar-refractivity contribution in [2.75, 3.05) is 0 Å². The van der Waals surface area contributed by atoms with Gasteiger partial charge in [-0.2, -0.15) is 13.2 Å². The molecule has 0 saturated heterocycles. The smallest absolute Gasteiger partial charge is 0.349 e. The summed E-state index contributed by atoms with van der Waals surface area (Å²) in [4.78, 5) is 37.5. The Morgan fingerprint density at radius 3 is 2.37 bits per heavy atom. The van der Waals surface area contributed by atoms with Gasteiger partial charge < -0.3 is 20.0 Å². The number of rotatable bonds is 9. The first-order valence-electron chi connectivity index (χ1n) is 14.9. The molecule has 9 heteroatoms. The number of hydrogen-bond donors (Lipinski definition) is 2. The van der Waals surface area contributed by atoms with Gasteiger partial charge in [0.15, 0.2) is 0 Å². The first-order chi connectivity index (χ1) is 19.4. The number of aldehydes is 1. The Bertz CT molecular complexity index is 1320. The van der Waals surface area contributed by atoms with Crippen LogP contribution in [0.25, 0.3) is 11.3 Å². The maximum absolute atomic E-state index is 13.4. The highest BCUT2D eigenvalue weighted by atomic mass is 19.4. The van der Waals surface area contributed by atoms with Crippen LogP contribution in [0.4, 0.5) is 13.2 Å². The standard InChI is InChI=1S/C32H40F3N3O3/c1-19-27(30(41)37-26-11-22(12-26)18-39)16-28(38(19)17-21-7-5-4-6-8-21)23-13-24(15-25(14-23)31(3)9-10-31)29(40)36-20(2)32(33,34)35/h13-16,18,20-22,26H,4-12,17H2,1-3H3,(H,36,40)(H,37,41)/t20-,22?,26?/m0/s1. The third kappa shape index (κ3) is 6.38. The molecule has 3 fully saturated rings. The molecule has 6 nitrogen and oxygen atoms in total. The van der Waals surface area contributed by atoms with Crippen LogP contribution in [0.15, 0.2) is 24.3 Å². The fourth-order valence-corrected chi connectivity index (χ4v) is 6.22. The first-order valence-corrected chi connectivity index (χ1v) is 14.9. The molecule has 2 aromatic rings. The third-order valence-electron chi connectivity index (χ3n) is 9.51. The summed E-state index contributed by atoms with van der Waals surface area (Å²) in [5, 5.41) is 5.17. The van der Waals surface area contributed by atoms with Gasteiger partial charge in [0.25, 0.3) is 11.8 Å². The number of hydrogen-bond acceptors (Lipinski definition) is 3. The van der Waals surface area contributed by atoms with E-state index in [1.165, 1.54) is 19.3 Å². The highest BCUT2D eigenvalue weighted by Gasteiger charge is 2.41. The number of halogens is 3. The van der Waals surface area contributed by atoms with Crippen molar-refractivity contribution in [3.05, 3.63) is 46.6 Å². The number of carbonyl (C=O) groups excluding carboxylic acids is 3. The van der Waals surface area contributed by atoms with Crippen LogP contribution in [-0.2, 0) is 16.8 Å². The SMILES string of the molecule is Cc1c(C(=O)NC2CC(C=O)C2)cc(-c2cc(C(=O)N[C@@H](C)C(F)(F)F)cc(C3(C)CC3)c2)n1CC1CCCCC1. The normalized spacial score (nSPS) is 22.9. The Labute approximate surface area is 239 Å². The second-order valence-corrected chi connectivity index (χ2v) is 12.8. The molecule has 2 amide bonds.